The molecule has 0 saturated heterocycles. The Bertz CT molecular complexity index is 1020. The lowest BCUT2D eigenvalue weighted by atomic mass is 10.1. The van der Waals surface area contributed by atoms with Gasteiger partial charge in [-0.2, -0.15) is 0 Å². The van der Waals surface area contributed by atoms with Crippen molar-refractivity contribution >= 4 is 22.8 Å². The second kappa shape index (κ2) is 10.2. The highest BCUT2D eigenvalue weighted by molar-refractivity contribution is 5.94. The van der Waals surface area contributed by atoms with E-state index in [0.29, 0.717) is 23.2 Å². The van der Waals surface area contributed by atoms with E-state index in [1.54, 1.807) is 24.5 Å². The van der Waals surface area contributed by atoms with E-state index in [0.717, 1.165) is 24.1 Å². The van der Waals surface area contributed by atoms with Gasteiger partial charge < -0.3 is 14.8 Å². The summed E-state index contributed by atoms with van der Waals surface area (Å²) in [6.45, 7) is 10.3. The Balaban J connectivity index is 1.83. The number of rotatable bonds is 9. The van der Waals surface area contributed by atoms with Crippen LogP contribution in [0.1, 0.15) is 43.9 Å². The van der Waals surface area contributed by atoms with Gasteiger partial charge in [-0.05, 0) is 36.1 Å². The van der Waals surface area contributed by atoms with Gasteiger partial charge in [0.15, 0.2) is 0 Å². The van der Waals surface area contributed by atoms with E-state index < -0.39 is 0 Å². The molecule has 0 aliphatic carbocycles. The van der Waals surface area contributed by atoms with Crippen molar-refractivity contribution in [1.82, 2.24) is 24.8 Å². The maximum Gasteiger partial charge on any atom is 0.251 e. The van der Waals surface area contributed by atoms with Crippen molar-refractivity contribution in [1.29, 1.82) is 0 Å². The van der Waals surface area contributed by atoms with Gasteiger partial charge in [-0.1, -0.05) is 39.8 Å². The van der Waals surface area contributed by atoms with Crippen LogP contribution < -0.4 is 5.32 Å². The first-order valence-electron chi connectivity index (χ1n) is 10.7. The Kier molecular flexibility index (Phi) is 7.39. The molecule has 2 aromatic heterocycles. The summed E-state index contributed by atoms with van der Waals surface area (Å²) in [5.74, 6) is 1.30. The summed E-state index contributed by atoms with van der Waals surface area (Å²) in [4.78, 5) is 36.2. The number of nitrogens with one attached hydrogen (secondary N) is 1. The molecule has 0 atom stereocenters. The number of nitrogens with zero attached hydrogens (tertiary/aromatic N) is 4. The van der Waals surface area contributed by atoms with Crippen molar-refractivity contribution in [2.75, 3.05) is 13.1 Å². The van der Waals surface area contributed by atoms with Crippen LogP contribution in [0.5, 0.6) is 0 Å². The maximum atomic E-state index is 13.2. The Morgan fingerprint density at radius 1 is 1.00 bits per heavy atom. The second-order valence-electron chi connectivity index (χ2n) is 8.61. The topological polar surface area (TPSA) is 80.1 Å². The monoisotopic (exact) mass is 421 g/mol. The molecule has 0 aliphatic rings. The molecule has 0 fully saturated rings. The van der Waals surface area contributed by atoms with E-state index in [1.807, 2.05) is 33.7 Å². The SMILES string of the molecule is CC(C)CN(CC(C)C)C(=O)Cn1c(CNC(=O)c2ccncc2)nc2ccccc21. The highest BCUT2D eigenvalue weighted by Crippen LogP contribution is 2.17. The van der Waals surface area contributed by atoms with Gasteiger partial charge in [0, 0.05) is 31.0 Å². The average molecular weight is 422 g/mol. The first kappa shape index (κ1) is 22.5. The molecule has 0 radical (unpaired) electrons. The van der Waals surface area contributed by atoms with Crippen molar-refractivity contribution in [2.45, 2.75) is 40.8 Å². The van der Waals surface area contributed by atoms with Crippen LogP contribution in [0.15, 0.2) is 48.8 Å². The van der Waals surface area contributed by atoms with Gasteiger partial charge >= 0.3 is 0 Å². The summed E-state index contributed by atoms with van der Waals surface area (Å²) in [7, 11) is 0. The zero-order valence-electron chi connectivity index (χ0n) is 18.7. The highest BCUT2D eigenvalue weighted by Gasteiger charge is 2.20. The minimum atomic E-state index is -0.200. The largest absolute Gasteiger partial charge is 0.345 e. The smallest absolute Gasteiger partial charge is 0.251 e. The Morgan fingerprint density at radius 3 is 2.29 bits per heavy atom. The molecule has 3 aromatic rings. The second-order valence-corrected chi connectivity index (χ2v) is 8.61. The summed E-state index contributed by atoms with van der Waals surface area (Å²) in [5, 5.41) is 2.91. The van der Waals surface area contributed by atoms with E-state index in [-0.39, 0.29) is 24.9 Å². The number of pyridine rings is 1. The molecule has 31 heavy (non-hydrogen) atoms. The number of para-hydroxylation sites is 2. The fourth-order valence-corrected chi connectivity index (χ4v) is 3.60. The summed E-state index contributed by atoms with van der Waals surface area (Å²) in [6.07, 6.45) is 3.17. The summed E-state index contributed by atoms with van der Waals surface area (Å²) in [5.41, 5.74) is 2.23. The molecule has 0 unspecified atom stereocenters. The van der Waals surface area contributed by atoms with Gasteiger partial charge in [-0.3, -0.25) is 14.6 Å². The number of benzene rings is 1. The molecule has 2 heterocycles. The zero-order valence-corrected chi connectivity index (χ0v) is 18.7. The number of amides is 2. The molecule has 1 aromatic carbocycles. The molecule has 0 aliphatic heterocycles. The third kappa shape index (κ3) is 5.90. The van der Waals surface area contributed by atoms with Crippen molar-refractivity contribution in [3.8, 4) is 0 Å². The molecule has 0 spiro atoms. The fourth-order valence-electron chi connectivity index (χ4n) is 3.60. The van der Waals surface area contributed by atoms with Crippen LogP contribution in [-0.4, -0.2) is 44.3 Å². The maximum absolute atomic E-state index is 13.2. The van der Waals surface area contributed by atoms with Gasteiger partial charge in [-0.25, -0.2) is 4.98 Å². The fraction of sp³-hybridized carbons (Fsp3) is 0.417. The number of carbonyl (C=O) groups excluding carboxylic acids is 2. The molecule has 164 valence electrons. The van der Waals surface area contributed by atoms with Gasteiger partial charge in [-0.15, -0.1) is 0 Å². The van der Waals surface area contributed by atoms with Gasteiger partial charge in [0.05, 0.1) is 17.6 Å². The van der Waals surface area contributed by atoms with E-state index >= 15 is 0 Å². The van der Waals surface area contributed by atoms with Crippen LogP contribution in [0, 0.1) is 11.8 Å². The van der Waals surface area contributed by atoms with Crippen LogP contribution in [0.25, 0.3) is 11.0 Å². The van der Waals surface area contributed by atoms with Crippen LogP contribution in [-0.2, 0) is 17.9 Å². The van der Waals surface area contributed by atoms with Gasteiger partial charge in [0.25, 0.3) is 5.91 Å². The molecule has 2 amide bonds. The van der Waals surface area contributed by atoms with E-state index in [4.69, 9.17) is 0 Å². The molecular formula is C24H31N5O2. The van der Waals surface area contributed by atoms with Gasteiger partial charge in [0.2, 0.25) is 5.91 Å². The summed E-state index contributed by atoms with van der Waals surface area (Å²) >= 11 is 0. The van der Waals surface area contributed by atoms with Crippen molar-refractivity contribution in [3.63, 3.8) is 0 Å². The first-order valence-corrected chi connectivity index (χ1v) is 10.7. The number of aromatic nitrogens is 3. The van der Waals surface area contributed by atoms with Crippen LogP contribution in [0.4, 0.5) is 0 Å². The van der Waals surface area contributed by atoms with Gasteiger partial charge in [0.1, 0.15) is 12.4 Å². The molecule has 7 nitrogen and oxygen atoms in total. The van der Waals surface area contributed by atoms with E-state index in [9.17, 15) is 9.59 Å². The predicted molar refractivity (Wildman–Crippen MR) is 121 cm³/mol. The van der Waals surface area contributed by atoms with Crippen molar-refractivity contribution in [3.05, 3.63) is 60.2 Å². The lowest BCUT2D eigenvalue weighted by molar-refractivity contribution is -0.132. The number of hydrogen-bond acceptors (Lipinski definition) is 4. The predicted octanol–water partition coefficient (Wildman–Crippen LogP) is 3.50. The Hall–Kier alpha value is -3.22. The third-order valence-corrected chi connectivity index (χ3v) is 4.90. The minimum Gasteiger partial charge on any atom is -0.345 e. The molecule has 0 bridgehead atoms. The van der Waals surface area contributed by atoms with Crippen molar-refractivity contribution < 1.29 is 9.59 Å². The molecule has 7 heteroatoms. The Morgan fingerprint density at radius 2 is 1.65 bits per heavy atom. The van der Waals surface area contributed by atoms with Crippen LogP contribution >= 0.6 is 0 Å². The standard InChI is InChI=1S/C24H31N5O2/c1-17(2)14-28(15-18(3)4)23(30)16-29-21-8-6-5-7-20(21)27-22(29)13-26-24(31)19-9-11-25-12-10-19/h5-12,17-18H,13-16H2,1-4H3,(H,26,31). The number of hydrogen-bond donors (Lipinski definition) is 1. The first-order chi connectivity index (χ1) is 14.8. The third-order valence-electron chi connectivity index (χ3n) is 4.90. The summed E-state index contributed by atoms with van der Waals surface area (Å²) < 4.78 is 1.91. The average Bonchev–Trinajstić information content (AvgIpc) is 3.09. The Labute approximate surface area is 183 Å². The number of imidazole rings is 1. The number of fused-ring (bicyclic) bond motifs is 1. The molecular weight excluding hydrogens is 390 g/mol. The van der Waals surface area contributed by atoms with Crippen LogP contribution in [0.3, 0.4) is 0 Å². The highest BCUT2D eigenvalue weighted by atomic mass is 16.2. The zero-order chi connectivity index (χ0) is 22.4. The normalized spacial score (nSPS) is 11.3. The minimum absolute atomic E-state index is 0.0623. The van der Waals surface area contributed by atoms with E-state index in [1.165, 1.54) is 0 Å². The molecule has 3 rings (SSSR count). The van der Waals surface area contributed by atoms with Crippen LogP contribution in [0.2, 0.25) is 0 Å². The van der Waals surface area contributed by atoms with E-state index in [2.05, 4.69) is 43.0 Å². The molecule has 1 N–H and O–H groups in total. The lowest BCUT2D eigenvalue weighted by Gasteiger charge is -2.27. The van der Waals surface area contributed by atoms with Crippen molar-refractivity contribution in [2.24, 2.45) is 11.8 Å². The number of carbonyl (C=O) groups is 2. The lowest BCUT2D eigenvalue weighted by Crippen LogP contribution is -2.39. The molecule has 0 saturated carbocycles. The quantitative estimate of drug-likeness (QED) is 0.573. The summed E-state index contributed by atoms with van der Waals surface area (Å²) in [6, 6.07) is 11.1.